The van der Waals surface area contributed by atoms with Crippen LogP contribution in [0.5, 0.6) is 0 Å². The van der Waals surface area contributed by atoms with Crippen molar-refractivity contribution in [1.29, 1.82) is 0 Å². The molecule has 6 nitrogen and oxygen atoms in total. The molecule has 1 fully saturated rings. The van der Waals surface area contributed by atoms with Crippen LogP contribution >= 0.6 is 15.9 Å². The molecule has 7 heteroatoms. The first-order chi connectivity index (χ1) is 14.2. The molecule has 0 aromatic heterocycles. The first-order valence-electron chi connectivity index (χ1n) is 10.6. The molecular weight excluding hydrogens is 450 g/mol. The van der Waals surface area contributed by atoms with Crippen molar-refractivity contribution in [2.24, 2.45) is 5.92 Å². The summed E-state index contributed by atoms with van der Waals surface area (Å²) in [6, 6.07) is 8.53. The minimum absolute atomic E-state index is 0.0354. The third kappa shape index (κ3) is 8.09. The average molecular weight is 482 g/mol. The molecule has 1 aliphatic carbocycles. The van der Waals surface area contributed by atoms with E-state index >= 15 is 0 Å². The van der Waals surface area contributed by atoms with Gasteiger partial charge in [0.25, 0.3) is 0 Å². The van der Waals surface area contributed by atoms with Gasteiger partial charge in [-0.1, -0.05) is 71.9 Å². The van der Waals surface area contributed by atoms with Crippen LogP contribution < -0.4 is 5.32 Å². The van der Waals surface area contributed by atoms with E-state index in [1.54, 1.807) is 20.8 Å². The summed E-state index contributed by atoms with van der Waals surface area (Å²) >= 11 is 3.20. The highest BCUT2D eigenvalue weighted by atomic mass is 79.9. The van der Waals surface area contributed by atoms with Crippen molar-refractivity contribution in [3.63, 3.8) is 0 Å². The van der Waals surface area contributed by atoms with Crippen LogP contribution in [0.15, 0.2) is 30.3 Å². The van der Waals surface area contributed by atoms with Crippen molar-refractivity contribution in [2.45, 2.75) is 82.4 Å². The highest BCUT2D eigenvalue weighted by Gasteiger charge is 2.38. The molecule has 1 aromatic rings. The minimum Gasteiger partial charge on any atom is -0.459 e. The highest BCUT2D eigenvalue weighted by molar-refractivity contribution is 9.10. The van der Waals surface area contributed by atoms with E-state index in [9.17, 15) is 14.4 Å². The molecule has 30 heavy (non-hydrogen) atoms. The Bertz CT molecular complexity index is 708. The van der Waals surface area contributed by atoms with Crippen LogP contribution in [0.1, 0.15) is 64.9 Å². The molecule has 0 bridgehead atoms. The number of hydrogen-bond donors (Lipinski definition) is 1. The Morgan fingerprint density at radius 2 is 1.67 bits per heavy atom. The summed E-state index contributed by atoms with van der Waals surface area (Å²) in [6.45, 7) is 5.35. The smallest absolute Gasteiger partial charge is 0.408 e. The summed E-state index contributed by atoms with van der Waals surface area (Å²) in [6.07, 6.45) is 5.19. The lowest BCUT2D eigenvalue weighted by Gasteiger charge is -2.28. The zero-order valence-electron chi connectivity index (χ0n) is 18.0. The van der Waals surface area contributed by atoms with E-state index in [-0.39, 0.29) is 12.5 Å². The standard InChI is InChI=1S/C23H32BrNO5/c1-23(2,3)30-21(27)18(24)20(26)19(17-13-9-4-5-10-14-17)25-22(28)29-15-16-11-7-6-8-12-16/h6-8,11-12,17-19H,4-5,9-10,13-15H2,1-3H3,(H,25,28). The molecule has 1 amide bonds. The lowest BCUT2D eigenvalue weighted by atomic mass is 9.88. The number of carbonyl (C=O) groups excluding carboxylic acids is 3. The Morgan fingerprint density at radius 3 is 2.23 bits per heavy atom. The molecule has 0 spiro atoms. The Morgan fingerprint density at radius 1 is 1.07 bits per heavy atom. The van der Waals surface area contributed by atoms with Gasteiger partial charge in [0.1, 0.15) is 12.2 Å². The number of alkyl halides is 1. The number of esters is 1. The zero-order chi connectivity index (χ0) is 22.1. The highest BCUT2D eigenvalue weighted by Crippen LogP contribution is 2.28. The molecule has 1 N–H and O–H groups in total. The molecular formula is C23H32BrNO5. The summed E-state index contributed by atoms with van der Waals surface area (Å²) in [7, 11) is 0. The van der Waals surface area contributed by atoms with Gasteiger partial charge < -0.3 is 14.8 Å². The van der Waals surface area contributed by atoms with Gasteiger partial charge in [-0.15, -0.1) is 0 Å². The van der Waals surface area contributed by atoms with Crippen LogP contribution in [0.2, 0.25) is 0 Å². The summed E-state index contributed by atoms with van der Waals surface area (Å²) < 4.78 is 10.7. The van der Waals surface area contributed by atoms with E-state index in [2.05, 4.69) is 21.2 Å². The monoisotopic (exact) mass is 481 g/mol. The maximum absolute atomic E-state index is 13.2. The predicted octanol–water partition coefficient (Wildman–Crippen LogP) is 4.93. The van der Waals surface area contributed by atoms with Gasteiger partial charge in [-0.3, -0.25) is 9.59 Å². The van der Waals surface area contributed by atoms with Crippen LogP contribution in [0.25, 0.3) is 0 Å². The van der Waals surface area contributed by atoms with Crippen molar-refractivity contribution in [1.82, 2.24) is 5.32 Å². The lowest BCUT2D eigenvalue weighted by Crippen LogP contribution is -2.51. The number of Topliss-reactive ketones (excluding diaryl/α,β-unsaturated/α-hetero) is 1. The van der Waals surface area contributed by atoms with Crippen molar-refractivity contribution in [2.75, 3.05) is 0 Å². The van der Waals surface area contributed by atoms with Gasteiger partial charge in [0.15, 0.2) is 10.6 Å². The molecule has 0 aliphatic heterocycles. The quantitative estimate of drug-likeness (QED) is 0.258. The first kappa shape index (κ1) is 24.4. The third-order valence-corrected chi connectivity index (χ3v) is 5.85. The minimum atomic E-state index is -1.14. The van der Waals surface area contributed by atoms with Gasteiger partial charge in [-0.25, -0.2) is 4.79 Å². The SMILES string of the molecule is CC(C)(C)OC(=O)C(Br)C(=O)C(NC(=O)OCc1ccccc1)C1CCCCCC1. The number of ether oxygens (including phenoxy) is 2. The van der Waals surface area contributed by atoms with Crippen LogP contribution in [0, 0.1) is 5.92 Å². The number of alkyl carbamates (subject to hydrolysis) is 1. The van der Waals surface area contributed by atoms with Gasteiger partial charge in [0.2, 0.25) is 0 Å². The average Bonchev–Trinajstić information content (AvgIpc) is 2.98. The van der Waals surface area contributed by atoms with Gasteiger partial charge in [-0.05, 0) is 45.1 Å². The van der Waals surface area contributed by atoms with Crippen molar-refractivity contribution >= 4 is 33.8 Å². The number of halogens is 1. The van der Waals surface area contributed by atoms with Gasteiger partial charge >= 0.3 is 12.1 Å². The van der Waals surface area contributed by atoms with Gasteiger partial charge in [0.05, 0.1) is 6.04 Å². The van der Waals surface area contributed by atoms with E-state index < -0.39 is 34.3 Å². The summed E-state index contributed by atoms with van der Waals surface area (Å²) in [5.74, 6) is -1.08. The predicted molar refractivity (Wildman–Crippen MR) is 118 cm³/mol. The third-order valence-electron chi connectivity index (χ3n) is 5.03. The Labute approximate surface area is 187 Å². The number of amides is 1. The summed E-state index contributed by atoms with van der Waals surface area (Å²) in [5, 5.41) is 2.73. The van der Waals surface area contributed by atoms with Gasteiger partial charge in [-0.2, -0.15) is 0 Å². The fourth-order valence-electron chi connectivity index (χ4n) is 3.58. The van der Waals surface area contributed by atoms with E-state index in [1.165, 1.54) is 0 Å². The number of rotatable bonds is 7. The van der Waals surface area contributed by atoms with E-state index in [0.29, 0.717) is 0 Å². The van der Waals surface area contributed by atoms with Crippen LogP contribution in [0.4, 0.5) is 4.79 Å². The number of ketones is 1. The molecule has 0 saturated heterocycles. The molecule has 1 aliphatic rings. The van der Waals surface area contributed by atoms with Crippen molar-refractivity contribution in [3.05, 3.63) is 35.9 Å². The topological polar surface area (TPSA) is 81.7 Å². The van der Waals surface area contributed by atoms with E-state index in [4.69, 9.17) is 9.47 Å². The number of hydrogen-bond acceptors (Lipinski definition) is 5. The normalized spacial score (nSPS) is 17.3. The number of carbonyl (C=O) groups is 3. The second kappa shape index (κ2) is 11.5. The fraction of sp³-hybridized carbons (Fsp3) is 0.609. The zero-order valence-corrected chi connectivity index (χ0v) is 19.6. The maximum atomic E-state index is 13.2. The first-order valence-corrected chi connectivity index (χ1v) is 11.5. The largest absolute Gasteiger partial charge is 0.459 e. The molecule has 166 valence electrons. The molecule has 0 radical (unpaired) electrons. The van der Waals surface area contributed by atoms with E-state index in [1.807, 2.05) is 30.3 Å². The van der Waals surface area contributed by atoms with Crippen molar-refractivity contribution < 1.29 is 23.9 Å². The molecule has 1 saturated carbocycles. The fourth-order valence-corrected chi connectivity index (χ4v) is 3.96. The number of nitrogens with one attached hydrogen (secondary N) is 1. The second-order valence-electron chi connectivity index (χ2n) is 8.73. The molecule has 2 unspecified atom stereocenters. The second-order valence-corrected chi connectivity index (χ2v) is 9.65. The summed E-state index contributed by atoms with van der Waals surface area (Å²) in [5.41, 5.74) is 0.153. The lowest BCUT2D eigenvalue weighted by molar-refractivity contribution is -0.155. The van der Waals surface area contributed by atoms with E-state index in [0.717, 1.165) is 44.1 Å². The van der Waals surface area contributed by atoms with Crippen LogP contribution in [-0.4, -0.2) is 34.3 Å². The van der Waals surface area contributed by atoms with Gasteiger partial charge in [0, 0.05) is 0 Å². The molecule has 0 heterocycles. The Balaban J connectivity index is 2.08. The Kier molecular flexibility index (Phi) is 9.34. The Hall–Kier alpha value is -1.89. The molecule has 2 rings (SSSR count). The maximum Gasteiger partial charge on any atom is 0.408 e. The number of benzene rings is 1. The van der Waals surface area contributed by atoms with Crippen molar-refractivity contribution in [3.8, 4) is 0 Å². The van der Waals surface area contributed by atoms with Crippen LogP contribution in [0.3, 0.4) is 0 Å². The summed E-state index contributed by atoms with van der Waals surface area (Å²) in [4.78, 5) is 36.9. The van der Waals surface area contributed by atoms with Crippen LogP contribution in [-0.2, 0) is 25.7 Å². The molecule has 1 aromatic carbocycles. The molecule has 2 atom stereocenters.